The van der Waals surface area contributed by atoms with Crippen LogP contribution in [0.5, 0.6) is 11.5 Å². The van der Waals surface area contributed by atoms with E-state index in [0.717, 1.165) is 14.7 Å². The van der Waals surface area contributed by atoms with Gasteiger partial charge in [-0.1, -0.05) is 31.9 Å². The minimum absolute atomic E-state index is 0.127. The first-order valence-corrected chi connectivity index (χ1v) is 7.69. The minimum atomic E-state index is -1.02. The summed E-state index contributed by atoms with van der Waals surface area (Å²) >= 11 is 6.64. The van der Waals surface area contributed by atoms with Crippen LogP contribution in [0.1, 0.15) is 10.4 Å². The van der Waals surface area contributed by atoms with E-state index < -0.39 is 5.97 Å². The second-order valence-corrected chi connectivity index (χ2v) is 5.93. The van der Waals surface area contributed by atoms with Crippen LogP contribution in [0.3, 0.4) is 0 Å². The molecule has 0 radical (unpaired) electrons. The predicted molar refractivity (Wildman–Crippen MR) is 86.2 cm³/mol. The average molecular weight is 416 g/mol. The highest BCUT2D eigenvalue weighted by atomic mass is 79.9. The molecule has 0 aliphatic heterocycles. The normalized spacial score (nSPS) is 10.2. The SMILES string of the molecule is O=C(O)c1ccc(Br)cc1OCCOc1ccc(Br)cc1. The van der Waals surface area contributed by atoms with Crippen LogP contribution in [-0.4, -0.2) is 24.3 Å². The molecule has 0 aliphatic rings. The summed E-state index contributed by atoms with van der Waals surface area (Å²) in [4.78, 5) is 11.1. The molecule has 0 bridgehead atoms. The van der Waals surface area contributed by atoms with Crippen molar-refractivity contribution < 1.29 is 19.4 Å². The lowest BCUT2D eigenvalue weighted by atomic mass is 10.2. The van der Waals surface area contributed by atoms with Crippen molar-refractivity contribution in [1.29, 1.82) is 0 Å². The molecule has 110 valence electrons. The topological polar surface area (TPSA) is 55.8 Å². The molecule has 6 heteroatoms. The van der Waals surface area contributed by atoms with Gasteiger partial charge < -0.3 is 14.6 Å². The monoisotopic (exact) mass is 414 g/mol. The highest BCUT2D eigenvalue weighted by Gasteiger charge is 2.11. The fourth-order valence-electron chi connectivity index (χ4n) is 1.63. The molecule has 2 aromatic carbocycles. The number of rotatable bonds is 6. The van der Waals surface area contributed by atoms with Gasteiger partial charge in [-0.3, -0.25) is 0 Å². The van der Waals surface area contributed by atoms with Crippen molar-refractivity contribution in [3.8, 4) is 11.5 Å². The smallest absolute Gasteiger partial charge is 0.339 e. The van der Waals surface area contributed by atoms with Crippen molar-refractivity contribution in [2.75, 3.05) is 13.2 Å². The molecule has 0 spiro atoms. The van der Waals surface area contributed by atoms with Crippen molar-refractivity contribution in [2.24, 2.45) is 0 Å². The van der Waals surface area contributed by atoms with Gasteiger partial charge in [0.25, 0.3) is 0 Å². The number of benzene rings is 2. The zero-order chi connectivity index (χ0) is 15.2. The summed E-state index contributed by atoms with van der Waals surface area (Å²) in [5.41, 5.74) is 0.127. The van der Waals surface area contributed by atoms with E-state index in [-0.39, 0.29) is 12.2 Å². The maximum Gasteiger partial charge on any atom is 0.339 e. The Morgan fingerprint density at radius 3 is 2.24 bits per heavy atom. The van der Waals surface area contributed by atoms with E-state index in [1.54, 1.807) is 12.1 Å². The summed E-state index contributed by atoms with van der Waals surface area (Å²) in [6, 6.07) is 12.2. The molecule has 0 atom stereocenters. The minimum Gasteiger partial charge on any atom is -0.490 e. The highest BCUT2D eigenvalue weighted by Crippen LogP contribution is 2.24. The first kappa shape index (κ1) is 15.9. The number of ether oxygens (including phenoxy) is 2. The van der Waals surface area contributed by atoms with Gasteiger partial charge in [-0.25, -0.2) is 4.79 Å². The summed E-state index contributed by atoms with van der Waals surface area (Å²) in [6.45, 7) is 0.583. The number of aromatic carboxylic acids is 1. The first-order valence-electron chi connectivity index (χ1n) is 6.10. The summed E-state index contributed by atoms with van der Waals surface area (Å²) in [6.07, 6.45) is 0. The molecule has 0 saturated heterocycles. The van der Waals surface area contributed by atoms with Crippen LogP contribution in [0, 0.1) is 0 Å². The van der Waals surface area contributed by atoms with Crippen LogP contribution in [-0.2, 0) is 0 Å². The van der Waals surface area contributed by atoms with Gasteiger partial charge in [-0.2, -0.15) is 0 Å². The first-order chi connectivity index (χ1) is 10.1. The van der Waals surface area contributed by atoms with Crippen molar-refractivity contribution in [3.63, 3.8) is 0 Å². The Kier molecular flexibility index (Phi) is 5.64. The van der Waals surface area contributed by atoms with E-state index in [4.69, 9.17) is 14.6 Å². The second-order valence-electron chi connectivity index (χ2n) is 4.10. The van der Waals surface area contributed by atoms with Crippen molar-refractivity contribution >= 4 is 37.8 Å². The largest absolute Gasteiger partial charge is 0.490 e. The molecule has 0 aromatic heterocycles. The van der Waals surface area contributed by atoms with Gasteiger partial charge in [0.15, 0.2) is 0 Å². The molecule has 0 unspecified atom stereocenters. The molecule has 21 heavy (non-hydrogen) atoms. The van der Waals surface area contributed by atoms with E-state index in [1.165, 1.54) is 6.07 Å². The van der Waals surface area contributed by atoms with Crippen LogP contribution in [0.2, 0.25) is 0 Å². The maximum atomic E-state index is 11.1. The quantitative estimate of drug-likeness (QED) is 0.711. The van der Waals surface area contributed by atoms with E-state index in [1.807, 2.05) is 24.3 Å². The molecule has 2 aromatic rings. The Balaban J connectivity index is 1.90. The van der Waals surface area contributed by atoms with Crippen LogP contribution in [0.4, 0.5) is 0 Å². The fraction of sp³-hybridized carbons (Fsp3) is 0.133. The number of carbonyl (C=O) groups is 1. The fourth-order valence-corrected chi connectivity index (χ4v) is 2.24. The number of carboxylic acid groups (broad SMARTS) is 1. The molecule has 1 N–H and O–H groups in total. The average Bonchev–Trinajstić information content (AvgIpc) is 2.45. The number of hydrogen-bond donors (Lipinski definition) is 1. The van der Waals surface area contributed by atoms with Gasteiger partial charge in [0.1, 0.15) is 30.3 Å². The third-order valence-corrected chi connectivity index (χ3v) is 3.62. The number of hydrogen-bond acceptors (Lipinski definition) is 3. The van der Waals surface area contributed by atoms with Crippen molar-refractivity contribution in [1.82, 2.24) is 0 Å². The standard InChI is InChI=1S/C15H12Br2O4/c16-10-1-4-12(5-2-10)20-7-8-21-14-9-11(17)3-6-13(14)15(18)19/h1-6,9H,7-8H2,(H,18,19). The van der Waals surface area contributed by atoms with Gasteiger partial charge >= 0.3 is 5.97 Å². The van der Waals surface area contributed by atoms with E-state index in [9.17, 15) is 4.79 Å². The summed E-state index contributed by atoms with van der Waals surface area (Å²) in [5.74, 6) is 0.0251. The lowest BCUT2D eigenvalue weighted by Gasteiger charge is -2.10. The van der Waals surface area contributed by atoms with E-state index in [2.05, 4.69) is 31.9 Å². The summed E-state index contributed by atoms with van der Waals surface area (Å²) in [5, 5.41) is 9.09. The number of carboxylic acids is 1. The van der Waals surface area contributed by atoms with Gasteiger partial charge in [-0.05, 0) is 42.5 Å². The lowest BCUT2D eigenvalue weighted by Crippen LogP contribution is -2.11. The molecule has 0 aliphatic carbocycles. The van der Waals surface area contributed by atoms with Gasteiger partial charge in [0.2, 0.25) is 0 Å². The van der Waals surface area contributed by atoms with Gasteiger partial charge in [-0.15, -0.1) is 0 Å². The summed E-state index contributed by atoms with van der Waals surface area (Å²) in [7, 11) is 0. The predicted octanol–water partition coefficient (Wildman–Crippen LogP) is 4.37. The third kappa shape index (κ3) is 4.75. The Hall–Kier alpha value is -1.53. The van der Waals surface area contributed by atoms with Crippen LogP contribution < -0.4 is 9.47 Å². The Bertz CT molecular complexity index is 626. The van der Waals surface area contributed by atoms with Crippen LogP contribution >= 0.6 is 31.9 Å². The Labute approximate surface area is 139 Å². The van der Waals surface area contributed by atoms with Crippen LogP contribution in [0.25, 0.3) is 0 Å². The molecule has 2 rings (SSSR count). The van der Waals surface area contributed by atoms with Crippen LogP contribution in [0.15, 0.2) is 51.4 Å². The second kappa shape index (κ2) is 7.47. The van der Waals surface area contributed by atoms with Crippen molar-refractivity contribution in [3.05, 3.63) is 57.0 Å². The molecule has 4 nitrogen and oxygen atoms in total. The Morgan fingerprint density at radius 2 is 1.57 bits per heavy atom. The number of halogens is 2. The Morgan fingerprint density at radius 1 is 0.952 bits per heavy atom. The molecule has 0 amide bonds. The third-order valence-electron chi connectivity index (χ3n) is 2.60. The van der Waals surface area contributed by atoms with Gasteiger partial charge in [0.05, 0.1) is 0 Å². The lowest BCUT2D eigenvalue weighted by molar-refractivity contribution is 0.0691. The van der Waals surface area contributed by atoms with Crippen molar-refractivity contribution in [2.45, 2.75) is 0 Å². The zero-order valence-electron chi connectivity index (χ0n) is 10.9. The molecular weight excluding hydrogens is 404 g/mol. The zero-order valence-corrected chi connectivity index (χ0v) is 14.1. The molecule has 0 saturated carbocycles. The molecule has 0 heterocycles. The van der Waals surface area contributed by atoms with E-state index in [0.29, 0.717) is 12.4 Å². The maximum absolute atomic E-state index is 11.1. The molecular formula is C15H12Br2O4. The molecule has 0 fully saturated rings. The van der Waals surface area contributed by atoms with Gasteiger partial charge in [0, 0.05) is 8.95 Å². The van der Waals surface area contributed by atoms with E-state index >= 15 is 0 Å². The highest BCUT2D eigenvalue weighted by molar-refractivity contribution is 9.10. The summed E-state index contributed by atoms with van der Waals surface area (Å²) < 4.78 is 12.7.